The van der Waals surface area contributed by atoms with Gasteiger partial charge in [-0.15, -0.1) is 0 Å². The molecule has 0 heterocycles. The quantitative estimate of drug-likeness (QED) is 0.572. The third-order valence-corrected chi connectivity index (χ3v) is 3.19. The van der Waals surface area contributed by atoms with Crippen LogP contribution in [-0.4, -0.2) is 11.4 Å². The zero-order valence-corrected chi connectivity index (χ0v) is 14.1. The van der Waals surface area contributed by atoms with E-state index in [2.05, 4.69) is 46.8 Å². The monoisotopic (exact) mass is 290 g/mol. The van der Waals surface area contributed by atoms with Gasteiger partial charge in [-0.05, 0) is 56.2 Å². The Balaban J connectivity index is 2.56. The fourth-order valence-corrected chi connectivity index (χ4v) is 2.84. The van der Waals surface area contributed by atoms with E-state index in [1.165, 1.54) is 5.56 Å². The van der Waals surface area contributed by atoms with E-state index in [4.69, 9.17) is 15.9 Å². The maximum Gasteiger partial charge on any atom is 0.120 e. The zero-order chi connectivity index (χ0) is 16.1. The molecule has 21 heavy (non-hydrogen) atoms. The van der Waals surface area contributed by atoms with Gasteiger partial charge in [0, 0.05) is 6.42 Å². The lowest BCUT2D eigenvalue weighted by Crippen LogP contribution is -2.33. The van der Waals surface area contributed by atoms with Crippen molar-refractivity contribution in [1.82, 2.24) is 0 Å². The molecule has 1 rings (SSSR count). The van der Waals surface area contributed by atoms with Gasteiger partial charge in [0.25, 0.3) is 0 Å². The molecule has 0 aliphatic rings. The van der Waals surface area contributed by atoms with E-state index in [0.29, 0.717) is 6.42 Å². The lowest BCUT2D eigenvalue weighted by molar-refractivity contribution is 0.0622. The van der Waals surface area contributed by atoms with E-state index in [0.717, 1.165) is 25.0 Å². The molecule has 0 radical (unpaired) electrons. The molecule has 0 saturated heterocycles. The molecule has 0 fully saturated rings. The number of nitrogens with one attached hydrogen (secondary N) is 1. The van der Waals surface area contributed by atoms with Gasteiger partial charge in [0.15, 0.2) is 0 Å². The lowest BCUT2D eigenvalue weighted by Gasteiger charge is -2.33. The maximum atomic E-state index is 7.22. The third kappa shape index (κ3) is 7.74. The molecular formula is C18H30N2O. The van der Waals surface area contributed by atoms with Crippen molar-refractivity contribution in [3.8, 4) is 5.75 Å². The van der Waals surface area contributed by atoms with Crippen LogP contribution in [0.25, 0.3) is 0 Å². The number of ether oxygens (including phenoxy) is 1. The second-order valence-electron chi connectivity index (χ2n) is 7.62. The van der Waals surface area contributed by atoms with Crippen molar-refractivity contribution in [3.63, 3.8) is 0 Å². The molecule has 0 bridgehead atoms. The highest BCUT2D eigenvalue weighted by molar-refractivity contribution is 5.76. The first-order valence-electron chi connectivity index (χ1n) is 7.68. The predicted molar refractivity (Wildman–Crippen MR) is 90.1 cm³/mol. The van der Waals surface area contributed by atoms with Gasteiger partial charge >= 0.3 is 0 Å². The first kappa shape index (κ1) is 17.5. The van der Waals surface area contributed by atoms with E-state index in [9.17, 15) is 0 Å². The average Bonchev–Trinajstić information content (AvgIpc) is 2.27. The molecule has 0 amide bonds. The van der Waals surface area contributed by atoms with Crippen LogP contribution in [-0.2, 0) is 6.42 Å². The van der Waals surface area contributed by atoms with Gasteiger partial charge in [-0.3, -0.25) is 5.41 Å². The molecule has 118 valence electrons. The van der Waals surface area contributed by atoms with Crippen LogP contribution < -0.4 is 10.5 Å². The molecule has 0 aliphatic heterocycles. The number of benzene rings is 1. The molecule has 0 aromatic heterocycles. The predicted octanol–water partition coefficient (Wildman–Crippen LogP) is 4.54. The minimum absolute atomic E-state index is 0.172. The van der Waals surface area contributed by atoms with Gasteiger partial charge in [0.1, 0.15) is 11.4 Å². The first-order chi connectivity index (χ1) is 9.57. The van der Waals surface area contributed by atoms with Crippen molar-refractivity contribution in [2.75, 3.05) is 0 Å². The Kier molecular flexibility index (Phi) is 5.82. The molecule has 3 N–H and O–H groups in total. The summed E-state index contributed by atoms with van der Waals surface area (Å²) in [6.07, 6.45) is 3.54. The second kappa shape index (κ2) is 6.97. The summed E-state index contributed by atoms with van der Waals surface area (Å²) < 4.78 is 6.12. The molecule has 3 nitrogen and oxygen atoms in total. The highest BCUT2D eigenvalue weighted by Gasteiger charge is 2.27. The van der Waals surface area contributed by atoms with E-state index < -0.39 is 0 Å². The summed E-state index contributed by atoms with van der Waals surface area (Å²) in [5, 5.41) is 7.22. The van der Waals surface area contributed by atoms with Crippen molar-refractivity contribution in [2.24, 2.45) is 11.1 Å². The summed E-state index contributed by atoms with van der Waals surface area (Å²) in [6, 6.07) is 8.27. The largest absolute Gasteiger partial charge is 0.488 e. The van der Waals surface area contributed by atoms with E-state index >= 15 is 0 Å². The van der Waals surface area contributed by atoms with Crippen LogP contribution in [0.5, 0.6) is 5.75 Å². The number of amidine groups is 1. The summed E-state index contributed by atoms with van der Waals surface area (Å²) in [5.41, 5.74) is 6.70. The molecule has 1 aromatic rings. The Hall–Kier alpha value is -1.51. The smallest absolute Gasteiger partial charge is 0.120 e. The van der Waals surface area contributed by atoms with Gasteiger partial charge in [-0.1, -0.05) is 32.9 Å². The molecule has 1 aromatic carbocycles. The lowest BCUT2D eigenvalue weighted by atomic mass is 9.83. The normalized spacial score (nSPS) is 12.2. The number of aryl methyl sites for hydroxylation is 1. The number of hydrogen-bond donors (Lipinski definition) is 2. The highest BCUT2D eigenvalue weighted by atomic mass is 16.5. The standard InChI is InChI=1S/C18H30N2O/c1-17(2,3)13-18(4,5)21-15-11-9-14(10-12-15)7-6-8-16(19)20/h9-12H,6-8,13H2,1-5H3,(H3,19,20). The summed E-state index contributed by atoms with van der Waals surface area (Å²) in [6.45, 7) is 11.0. The van der Waals surface area contributed by atoms with Gasteiger partial charge in [0.05, 0.1) is 5.84 Å². The van der Waals surface area contributed by atoms with Crippen molar-refractivity contribution in [3.05, 3.63) is 29.8 Å². The molecule has 0 spiro atoms. The van der Waals surface area contributed by atoms with Crippen molar-refractivity contribution in [2.45, 2.75) is 65.9 Å². The van der Waals surface area contributed by atoms with Crippen LogP contribution in [0.2, 0.25) is 0 Å². The van der Waals surface area contributed by atoms with E-state index in [1.54, 1.807) is 0 Å². The zero-order valence-electron chi connectivity index (χ0n) is 14.1. The Bertz CT molecular complexity index is 455. The Morgan fingerprint density at radius 3 is 2.14 bits per heavy atom. The average molecular weight is 290 g/mol. The topological polar surface area (TPSA) is 59.1 Å². The third-order valence-electron chi connectivity index (χ3n) is 3.19. The minimum atomic E-state index is -0.172. The maximum absolute atomic E-state index is 7.22. The fourth-order valence-electron chi connectivity index (χ4n) is 2.84. The number of rotatable bonds is 7. The molecule has 0 atom stereocenters. The summed E-state index contributed by atoms with van der Waals surface area (Å²) in [7, 11) is 0. The molecule has 0 unspecified atom stereocenters. The van der Waals surface area contributed by atoms with Crippen LogP contribution in [0, 0.1) is 10.8 Å². The van der Waals surface area contributed by atoms with Gasteiger partial charge in [0.2, 0.25) is 0 Å². The summed E-state index contributed by atoms with van der Waals surface area (Å²) in [5.74, 6) is 1.18. The Morgan fingerprint density at radius 1 is 1.10 bits per heavy atom. The van der Waals surface area contributed by atoms with Crippen LogP contribution in [0.1, 0.15) is 59.4 Å². The second-order valence-corrected chi connectivity index (χ2v) is 7.62. The van der Waals surface area contributed by atoms with Crippen LogP contribution in [0.15, 0.2) is 24.3 Å². The van der Waals surface area contributed by atoms with Gasteiger partial charge in [-0.2, -0.15) is 0 Å². The van der Waals surface area contributed by atoms with Crippen LogP contribution >= 0.6 is 0 Å². The minimum Gasteiger partial charge on any atom is -0.488 e. The van der Waals surface area contributed by atoms with Crippen LogP contribution in [0.3, 0.4) is 0 Å². The van der Waals surface area contributed by atoms with Crippen molar-refractivity contribution >= 4 is 5.84 Å². The Morgan fingerprint density at radius 2 is 1.67 bits per heavy atom. The van der Waals surface area contributed by atoms with E-state index in [-0.39, 0.29) is 16.9 Å². The Labute approximate surface area is 129 Å². The van der Waals surface area contributed by atoms with Crippen LogP contribution in [0.4, 0.5) is 0 Å². The molecule has 0 saturated carbocycles. The number of hydrogen-bond acceptors (Lipinski definition) is 2. The molecular weight excluding hydrogens is 260 g/mol. The van der Waals surface area contributed by atoms with Crippen molar-refractivity contribution in [1.29, 1.82) is 5.41 Å². The fraction of sp³-hybridized carbons (Fsp3) is 0.611. The van der Waals surface area contributed by atoms with Crippen molar-refractivity contribution < 1.29 is 4.74 Å². The highest BCUT2D eigenvalue weighted by Crippen LogP contribution is 2.31. The number of nitrogens with two attached hydrogens (primary N) is 1. The molecule has 3 heteroatoms. The molecule has 0 aliphatic carbocycles. The first-order valence-corrected chi connectivity index (χ1v) is 7.68. The van der Waals surface area contributed by atoms with Gasteiger partial charge < -0.3 is 10.5 Å². The summed E-state index contributed by atoms with van der Waals surface area (Å²) in [4.78, 5) is 0. The van der Waals surface area contributed by atoms with E-state index in [1.807, 2.05) is 12.1 Å². The SMILES string of the molecule is CC(C)(C)CC(C)(C)Oc1ccc(CCCC(=N)N)cc1. The van der Waals surface area contributed by atoms with Gasteiger partial charge in [-0.25, -0.2) is 0 Å². The summed E-state index contributed by atoms with van der Waals surface area (Å²) >= 11 is 0.